The van der Waals surface area contributed by atoms with Gasteiger partial charge in [0.1, 0.15) is 0 Å². The molecule has 2 aromatic carbocycles. The van der Waals surface area contributed by atoms with Gasteiger partial charge >= 0.3 is 5.69 Å². The molecule has 1 N–H and O–H groups in total. The van der Waals surface area contributed by atoms with Gasteiger partial charge in [0.15, 0.2) is 17.2 Å². The first-order chi connectivity index (χ1) is 15.5. The van der Waals surface area contributed by atoms with Gasteiger partial charge in [-0.25, -0.2) is 4.98 Å². The Morgan fingerprint density at radius 3 is 2.53 bits per heavy atom. The van der Waals surface area contributed by atoms with Crippen molar-refractivity contribution in [2.24, 2.45) is 5.10 Å². The second-order valence-corrected chi connectivity index (χ2v) is 7.10. The van der Waals surface area contributed by atoms with Gasteiger partial charge in [-0.05, 0) is 31.2 Å². The third-order valence-electron chi connectivity index (χ3n) is 4.32. The first-order valence-electron chi connectivity index (χ1n) is 9.46. The molecule has 3 rings (SSSR count). The van der Waals surface area contributed by atoms with Crippen molar-refractivity contribution in [3.63, 3.8) is 0 Å². The molecule has 10 nitrogen and oxygen atoms in total. The molecule has 0 atom stereocenters. The third kappa shape index (κ3) is 5.06. The number of nitro groups is 1. The summed E-state index contributed by atoms with van der Waals surface area (Å²) >= 11 is 1.37. The SMILES string of the molecule is CCOc1c(OC)cc(/C=N\Nc2nc(-c3ccc(OC)c(OC)c3)cs2)cc1[N+](=O)[O-]. The summed E-state index contributed by atoms with van der Waals surface area (Å²) in [5.41, 5.74) is 4.72. The van der Waals surface area contributed by atoms with Crippen molar-refractivity contribution >= 4 is 28.4 Å². The van der Waals surface area contributed by atoms with E-state index in [-0.39, 0.29) is 23.8 Å². The normalized spacial score (nSPS) is 10.8. The van der Waals surface area contributed by atoms with Gasteiger partial charge in [-0.1, -0.05) is 0 Å². The maximum absolute atomic E-state index is 11.4. The van der Waals surface area contributed by atoms with Gasteiger partial charge in [-0.2, -0.15) is 5.10 Å². The summed E-state index contributed by atoms with van der Waals surface area (Å²) in [7, 11) is 4.58. The molecule has 0 aliphatic carbocycles. The summed E-state index contributed by atoms with van der Waals surface area (Å²) < 4.78 is 21.2. The fourth-order valence-electron chi connectivity index (χ4n) is 2.87. The Kier molecular flexibility index (Phi) is 7.45. The van der Waals surface area contributed by atoms with Crippen molar-refractivity contribution in [2.75, 3.05) is 33.4 Å². The van der Waals surface area contributed by atoms with Crippen LogP contribution in [0.5, 0.6) is 23.0 Å². The maximum atomic E-state index is 11.4. The number of methoxy groups -OCH3 is 3. The number of aromatic nitrogens is 1. The zero-order valence-electron chi connectivity index (χ0n) is 17.9. The molecule has 0 saturated heterocycles. The molecule has 0 fully saturated rings. The van der Waals surface area contributed by atoms with Crippen LogP contribution in [0, 0.1) is 10.1 Å². The van der Waals surface area contributed by atoms with Crippen LogP contribution in [-0.4, -0.2) is 44.1 Å². The summed E-state index contributed by atoms with van der Waals surface area (Å²) in [6.45, 7) is 2.02. The zero-order chi connectivity index (χ0) is 23.1. The quantitative estimate of drug-likeness (QED) is 0.266. The van der Waals surface area contributed by atoms with Crippen molar-refractivity contribution in [1.29, 1.82) is 0 Å². The van der Waals surface area contributed by atoms with Crippen LogP contribution in [-0.2, 0) is 0 Å². The molecule has 0 radical (unpaired) electrons. The molecular formula is C21H22N4O6S. The van der Waals surface area contributed by atoms with Gasteiger partial charge in [0, 0.05) is 22.6 Å². The van der Waals surface area contributed by atoms with E-state index in [0.717, 1.165) is 11.3 Å². The molecule has 0 bridgehead atoms. The number of anilines is 1. The number of hydrogen-bond donors (Lipinski definition) is 1. The Morgan fingerprint density at radius 1 is 1.12 bits per heavy atom. The third-order valence-corrected chi connectivity index (χ3v) is 5.07. The number of rotatable bonds is 10. The number of ether oxygens (including phenoxy) is 4. The zero-order valence-corrected chi connectivity index (χ0v) is 18.8. The predicted octanol–water partition coefficient (Wildman–Crippen LogP) is 4.59. The van der Waals surface area contributed by atoms with Crippen LogP contribution in [0.1, 0.15) is 12.5 Å². The lowest BCUT2D eigenvalue weighted by Gasteiger charge is -2.10. The molecule has 1 heterocycles. The second-order valence-electron chi connectivity index (χ2n) is 6.24. The van der Waals surface area contributed by atoms with E-state index >= 15 is 0 Å². The first-order valence-corrected chi connectivity index (χ1v) is 10.3. The molecule has 1 aromatic heterocycles. The largest absolute Gasteiger partial charge is 0.493 e. The molecule has 0 aliphatic rings. The van der Waals surface area contributed by atoms with Gasteiger partial charge in [-0.15, -0.1) is 11.3 Å². The molecule has 0 saturated carbocycles. The number of thiazole rings is 1. The van der Waals surface area contributed by atoms with E-state index in [1.54, 1.807) is 27.2 Å². The fraction of sp³-hybridized carbons (Fsp3) is 0.238. The van der Waals surface area contributed by atoms with Crippen molar-refractivity contribution in [2.45, 2.75) is 6.92 Å². The van der Waals surface area contributed by atoms with Crippen LogP contribution in [0.15, 0.2) is 40.8 Å². The van der Waals surface area contributed by atoms with Gasteiger partial charge in [0.25, 0.3) is 0 Å². The average molecular weight is 458 g/mol. The topological polar surface area (TPSA) is 117 Å². The molecule has 0 spiro atoms. The van der Waals surface area contributed by atoms with Gasteiger partial charge in [-0.3, -0.25) is 15.5 Å². The van der Waals surface area contributed by atoms with E-state index in [9.17, 15) is 10.1 Å². The Balaban J connectivity index is 1.78. The molecule has 11 heteroatoms. The Hall–Kier alpha value is -3.86. The summed E-state index contributed by atoms with van der Waals surface area (Å²) in [5.74, 6) is 1.59. The lowest BCUT2D eigenvalue weighted by molar-refractivity contribution is -0.385. The number of hydrazone groups is 1. The van der Waals surface area contributed by atoms with Crippen LogP contribution < -0.4 is 24.4 Å². The number of nitrogens with zero attached hydrogens (tertiary/aromatic N) is 3. The Morgan fingerprint density at radius 2 is 1.88 bits per heavy atom. The lowest BCUT2D eigenvalue weighted by atomic mass is 10.1. The van der Waals surface area contributed by atoms with Crippen molar-refractivity contribution < 1.29 is 23.9 Å². The summed E-state index contributed by atoms with van der Waals surface area (Å²) in [5, 5.41) is 18.0. The van der Waals surface area contributed by atoms with Crippen molar-refractivity contribution in [3.05, 3.63) is 51.4 Å². The highest BCUT2D eigenvalue weighted by Gasteiger charge is 2.21. The minimum Gasteiger partial charge on any atom is -0.493 e. The van der Waals surface area contributed by atoms with Crippen LogP contribution in [0.25, 0.3) is 11.3 Å². The summed E-state index contributed by atoms with van der Waals surface area (Å²) in [6.07, 6.45) is 1.45. The minimum absolute atomic E-state index is 0.0876. The monoisotopic (exact) mass is 458 g/mol. The van der Waals surface area contributed by atoms with Gasteiger partial charge in [0.2, 0.25) is 10.9 Å². The summed E-state index contributed by atoms with van der Waals surface area (Å²) in [4.78, 5) is 15.4. The highest BCUT2D eigenvalue weighted by molar-refractivity contribution is 7.14. The van der Waals surface area contributed by atoms with E-state index < -0.39 is 4.92 Å². The Bertz CT molecular complexity index is 1130. The molecule has 168 valence electrons. The van der Waals surface area contributed by atoms with Crippen molar-refractivity contribution in [1.82, 2.24) is 4.98 Å². The van der Waals surface area contributed by atoms with E-state index in [0.29, 0.717) is 22.2 Å². The van der Waals surface area contributed by atoms with Gasteiger partial charge in [0.05, 0.1) is 44.8 Å². The molecule has 0 unspecified atom stereocenters. The van der Waals surface area contributed by atoms with Crippen molar-refractivity contribution in [3.8, 4) is 34.3 Å². The second kappa shape index (κ2) is 10.4. The highest BCUT2D eigenvalue weighted by atomic mass is 32.1. The Labute approximate surface area is 188 Å². The molecule has 0 aliphatic heterocycles. The first kappa shape index (κ1) is 22.8. The number of hydrogen-bond acceptors (Lipinski definition) is 10. The van der Waals surface area contributed by atoms with Crippen LogP contribution >= 0.6 is 11.3 Å². The predicted molar refractivity (Wildman–Crippen MR) is 123 cm³/mol. The fourth-order valence-corrected chi connectivity index (χ4v) is 3.54. The standard InChI is InChI=1S/C21H22N4O6S/c1-5-31-20-16(25(26)27)8-13(9-19(20)30-4)11-22-24-21-23-15(12-32-21)14-6-7-17(28-2)18(10-14)29-3/h6-12H,5H2,1-4H3,(H,23,24)/b22-11-. The molecule has 32 heavy (non-hydrogen) atoms. The smallest absolute Gasteiger partial charge is 0.315 e. The van der Waals surface area contributed by atoms with Gasteiger partial charge < -0.3 is 18.9 Å². The average Bonchev–Trinajstić information content (AvgIpc) is 3.28. The molecular weight excluding hydrogens is 436 g/mol. The minimum atomic E-state index is -0.519. The number of benzene rings is 2. The number of nitro benzene ring substituents is 1. The highest BCUT2D eigenvalue weighted by Crippen LogP contribution is 2.38. The van der Waals surface area contributed by atoms with E-state index in [2.05, 4.69) is 15.5 Å². The van der Waals surface area contributed by atoms with E-state index in [1.165, 1.54) is 30.7 Å². The molecule has 3 aromatic rings. The van der Waals surface area contributed by atoms with Crippen LogP contribution in [0.2, 0.25) is 0 Å². The lowest BCUT2D eigenvalue weighted by Crippen LogP contribution is -2.02. The van der Waals surface area contributed by atoms with Crippen LogP contribution in [0.3, 0.4) is 0 Å². The molecule has 0 amide bonds. The van der Waals surface area contributed by atoms with Crippen LogP contribution in [0.4, 0.5) is 10.8 Å². The summed E-state index contributed by atoms with van der Waals surface area (Å²) in [6, 6.07) is 8.52. The number of nitrogens with one attached hydrogen (secondary N) is 1. The van der Waals surface area contributed by atoms with E-state index in [1.807, 2.05) is 23.6 Å². The maximum Gasteiger partial charge on any atom is 0.315 e. The van der Waals surface area contributed by atoms with E-state index in [4.69, 9.17) is 18.9 Å².